The average molecular weight is 544 g/mol. The number of rotatable bonds is 17. The number of aryl methyl sites for hydroxylation is 1. The summed E-state index contributed by atoms with van der Waals surface area (Å²) in [6.45, 7) is 1.54. The van der Waals surface area contributed by atoms with E-state index in [-0.39, 0.29) is 24.4 Å². The van der Waals surface area contributed by atoms with Crippen molar-refractivity contribution in [2.75, 3.05) is 33.9 Å². The van der Waals surface area contributed by atoms with Crippen molar-refractivity contribution in [2.45, 2.75) is 38.5 Å². The maximum absolute atomic E-state index is 11.8. The maximum atomic E-state index is 11.8. The minimum Gasteiger partial charge on any atom is -0.493 e. The van der Waals surface area contributed by atoms with Gasteiger partial charge in [0.1, 0.15) is 5.75 Å². The van der Waals surface area contributed by atoms with Gasteiger partial charge < -0.3 is 19.5 Å². The summed E-state index contributed by atoms with van der Waals surface area (Å²) < 4.78 is 15.7. The summed E-state index contributed by atoms with van der Waals surface area (Å²) in [6, 6.07) is 26.2. The van der Waals surface area contributed by atoms with E-state index in [0.29, 0.717) is 18.7 Å². The number of esters is 2. The number of unbranched alkanes of at least 4 members (excludes halogenated alkanes) is 2. The minimum absolute atomic E-state index is 0.183. The van der Waals surface area contributed by atoms with Crippen LogP contribution in [0.5, 0.6) is 5.75 Å². The second-order valence-corrected chi connectivity index (χ2v) is 9.74. The zero-order valence-electron chi connectivity index (χ0n) is 23.6. The van der Waals surface area contributed by atoms with Gasteiger partial charge in [0.15, 0.2) is 0 Å². The largest absolute Gasteiger partial charge is 0.493 e. The van der Waals surface area contributed by atoms with Crippen molar-refractivity contribution in [3.8, 4) is 5.75 Å². The summed E-state index contributed by atoms with van der Waals surface area (Å²) in [5.74, 6) is 0.464. The molecule has 0 bridgehead atoms. The van der Waals surface area contributed by atoms with E-state index in [2.05, 4.69) is 53.9 Å². The Morgan fingerprint density at radius 1 is 0.825 bits per heavy atom. The first kappa shape index (κ1) is 30.6. The molecule has 0 aliphatic rings. The number of para-hydroxylation sites is 1. The van der Waals surface area contributed by atoms with Crippen LogP contribution in [0.25, 0.3) is 6.08 Å². The predicted molar refractivity (Wildman–Crippen MR) is 159 cm³/mol. The third-order valence-electron chi connectivity index (χ3n) is 6.74. The molecule has 212 valence electrons. The van der Waals surface area contributed by atoms with E-state index in [1.165, 1.54) is 19.8 Å². The molecule has 0 saturated heterocycles. The number of methoxy groups -OCH3 is 2. The quantitative estimate of drug-likeness (QED) is 0.159. The molecule has 3 aromatic carbocycles. The lowest BCUT2D eigenvalue weighted by atomic mass is 9.94. The van der Waals surface area contributed by atoms with Gasteiger partial charge in [-0.1, -0.05) is 72.8 Å². The number of carbonyl (C=O) groups is 2. The predicted octanol–water partition coefficient (Wildman–Crippen LogP) is 6.29. The Labute approximate surface area is 238 Å². The van der Waals surface area contributed by atoms with E-state index < -0.39 is 0 Å². The molecule has 40 heavy (non-hydrogen) atoms. The average Bonchev–Trinajstić information content (AvgIpc) is 3.00. The topological polar surface area (TPSA) is 73.9 Å². The number of nitrogens with one attached hydrogen (secondary N) is 1. The fourth-order valence-corrected chi connectivity index (χ4v) is 4.44. The van der Waals surface area contributed by atoms with E-state index in [1.807, 2.05) is 30.3 Å². The molecular weight excluding hydrogens is 502 g/mol. The molecule has 0 amide bonds. The van der Waals surface area contributed by atoms with Crippen molar-refractivity contribution in [1.82, 2.24) is 5.32 Å². The zero-order valence-corrected chi connectivity index (χ0v) is 23.6. The van der Waals surface area contributed by atoms with Crippen LogP contribution in [0.4, 0.5) is 0 Å². The molecule has 0 fully saturated rings. The highest BCUT2D eigenvalue weighted by Crippen LogP contribution is 2.23. The Bertz CT molecular complexity index is 1190. The molecule has 1 atom stereocenters. The third-order valence-corrected chi connectivity index (χ3v) is 6.74. The maximum Gasteiger partial charge on any atom is 0.337 e. The summed E-state index contributed by atoms with van der Waals surface area (Å²) in [4.78, 5) is 23.3. The van der Waals surface area contributed by atoms with Gasteiger partial charge in [-0.05, 0) is 80.3 Å². The van der Waals surface area contributed by atoms with Gasteiger partial charge in [-0.25, -0.2) is 4.79 Å². The molecule has 6 nitrogen and oxygen atoms in total. The van der Waals surface area contributed by atoms with E-state index in [0.717, 1.165) is 55.4 Å². The number of ether oxygens (including phenoxy) is 3. The van der Waals surface area contributed by atoms with E-state index in [1.54, 1.807) is 12.1 Å². The molecule has 0 radical (unpaired) electrons. The number of hydrogen-bond donors (Lipinski definition) is 1. The van der Waals surface area contributed by atoms with Crippen molar-refractivity contribution < 1.29 is 23.8 Å². The lowest BCUT2D eigenvalue weighted by molar-refractivity contribution is -0.139. The number of hydrogen-bond acceptors (Lipinski definition) is 6. The van der Waals surface area contributed by atoms with Gasteiger partial charge in [-0.2, -0.15) is 0 Å². The molecule has 0 aromatic heterocycles. The van der Waals surface area contributed by atoms with Crippen molar-refractivity contribution in [3.63, 3.8) is 0 Å². The number of benzene rings is 3. The fraction of sp³-hybridized carbons (Fsp3) is 0.353. The summed E-state index contributed by atoms with van der Waals surface area (Å²) in [5, 5.41) is 3.15. The van der Waals surface area contributed by atoms with Crippen LogP contribution in [-0.4, -0.2) is 45.9 Å². The lowest BCUT2D eigenvalue weighted by Gasteiger charge is -2.15. The first-order valence-electron chi connectivity index (χ1n) is 14.0. The van der Waals surface area contributed by atoms with Gasteiger partial charge in [-0.15, -0.1) is 0 Å². The first-order chi connectivity index (χ1) is 19.6. The van der Waals surface area contributed by atoms with Crippen LogP contribution in [0.15, 0.2) is 84.9 Å². The summed E-state index contributed by atoms with van der Waals surface area (Å²) in [5.41, 5.74) is 4.08. The zero-order chi connectivity index (χ0) is 28.4. The highest BCUT2D eigenvalue weighted by molar-refractivity contribution is 5.89. The van der Waals surface area contributed by atoms with Gasteiger partial charge in [0.2, 0.25) is 0 Å². The molecule has 3 rings (SSSR count). The van der Waals surface area contributed by atoms with Crippen LogP contribution < -0.4 is 10.1 Å². The van der Waals surface area contributed by atoms with Gasteiger partial charge in [0.25, 0.3) is 0 Å². The van der Waals surface area contributed by atoms with Crippen LogP contribution >= 0.6 is 0 Å². The number of carbonyl (C=O) groups excluding carboxylic acids is 2. The van der Waals surface area contributed by atoms with Gasteiger partial charge in [-0.3, -0.25) is 4.79 Å². The lowest BCUT2D eigenvalue weighted by Crippen LogP contribution is -2.26. The second-order valence-electron chi connectivity index (χ2n) is 9.74. The smallest absolute Gasteiger partial charge is 0.337 e. The summed E-state index contributed by atoms with van der Waals surface area (Å²) in [6.07, 6.45) is 10.3. The molecule has 0 saturated carbocycles. The van der Waals surface area contributed by atoms with Gasteiger partial charge in [0.05, 0.1) is 32.9 Å². The Hall–Kier alpha value is -3.90. The van der Waals surface area contributed by atoms with E-state index in [4.69, 9.17) is 14.2 Å². The molecule has 0 aliphatic heterocycles. The molecule has 6 heteroatoms. The van der Waals surface area contributed by atoms with Crippen LogP contribution in [-0.2, 0) is 27.1 Å². The first-order valence-corrected chi connectivity index (χ1v) is 14.0. The summed E-state index contributed by atoms with van der Waals surface area (Å²) >= 11 is 0. The molecular formula is C34H41NO5. The van der Waals surface area contributed by atoms with E-state index >= 15 is 0 Å². The van der Waals surface area contributed by atoms with Crippen molar-refractivity contribution in [3.05, 3.63) is 107 Å². The Balaban J connectivity index is 1.57. The molecule has 0 aliphatic carbocycles. The summed E-state index contributed by atoms with van der Waals surface area (Å²) in [7, 11) is 2.77. The minimum atomic E-state index is -0.345. The molecule has 1 N–H and O–H groups in total. The van der Waals surface area contributed by atoms with E-state index in [9.17, 15) is 9.59 Å². The van der Waals surface area contributed by atoms with Crippen molar-refractivity contribution >= 4 is 18.0 Å². The Morgan fingerprint density at radius 2 is 1.57 bits per heavy atom. The molecule has 0 spiro atoms. The monoisotopic (exact) mass is 543 g/mol. The Morgan fingerprint density at radius 3 is 2.33 bits per heavy atom. The van der Waals surface area contributed by atoms with Crippen LogP contribution in [0.3, 0.4) is 0 Å². The van der Waals surface area contributed by atoms with Gasteiger partial charge in [0, 0.05) is 5.56 Å². The SMILES string of the molecule is COC(=O)CNCCC(C=Cc1ccccc1OCCCCCc1ccccc1)Cc1ccc(C(=O)OC)cc1. The molecule has 0 heterocycles. The normalized spacial score (nSPS) is 11.8. The van der Waals surface area contributed by atoms with Crippen molar-refractivity contribution in [1.29, 1.82) is 0 Å². The second kappa shape index (κ2) is 17.6. The fourth-order valence-electron chi connectivity index (χ4n) is 4.44. The highest BCUT2D eigenvalue weighted by Gasteiger charge is 2.10. The Kier molecular flexibility index (Phi) is 13.5. The molecule has 1 unspecified atom stereocenters. The van der Waals surface area contributed by atoms with Crippen LogP contribution in [0, 0.1) is 5.92 Å². The van der Waals surface area contributed by atoms with Gasteiger partial charge >= 0.3 is 11.9 Å². The number of allylic oxidation sites excluding steroid dienone is 1. The standard InChI is InChI=1S/C34H41NO5/c1-38-33(36)26-35-23-22-29(25-28-17-20-31(21-18-28)34(37)39-2)16-19-30-14-8-9-15-32(30)40-24-10-4-7-13-27-11-5-3-6-12-27/h3,5-6,8-9,11-12,14-21,29,35H,4,7,10,13,22-26H2,1-2H3. The highest BCUT2D eigenvalue weighted by atomic mass is 16.5. The van der Waals surface area contributed by atoms with Crippen LogP contribution in [0.1, 0.15) is 52.7 Å². The molecule has 3 aromatic rings. The third kappa shape index (κ3) is 11.1. The van der Waals surface area contributed by atoms with Crippen molar-refractivity contribution in [2.24, 2.45) is 5.92 Å². The van der Waals surface area contributed by atoms with Crippen LogP contribution in [0.2, 0.25) is 0 Å².